The Labute approximate surface area is 190 Å². The molecule has 0 saturated carbocycles. The molecule has 0 radical (unpaired) electrons. The molecule has 3 rings (SSSR count). The maximum absolute atomic E-state index is 11.2. The van der Waals surface area contributed by atoms with Gasteiger partial charge in [0.05, 0.1) is 27.9 Å². The molecule has 2 N–H and O–H groups in total. The number of aromatic nitrogens is 3. The molecule has 0 saturated heterocycles. The lowest BCUT2D eigenvalue weighted by molar-refractivity contribution is -0.117. The molecule has 0 fully saturated rings. The molecule has 0 aliphatic rings. The molecule has 1 amide bonds. The van der Waals surface area contributed by atoms with Gasteiger partial charge in [0.1, 0.15) is 5.75 Å². The number of rotatable bonds is 11. The van der Waals surface area contributed by atoms with Crippen molar-refractivity contribution in [2.75, 3.05) is 33.7 Å². The lowest BCUT2D eigenvalue weighted by Crippen LogP contribution is -2.11. The number of primary amides is 1. The molecule has 10 heteroatoms. The van der Waals surface area contributed by atoms with Gasteiger partial charge in [-0.05, 0) is 43.3 Å². The normalized spacial score (nSPS) is 10.6. The van der Waals surface area contributed by atoms with Crippen LogP contribution in [0.2, 0.25) is 0 Å². The second-order valence-electron chi connectivity index (χ2n) is 6.55. The monoisotopic (exact) mass is 458 g/mol. The molecule has 0 spiro atoms. The van der Waals surface area contributed by atoms with E-state index in [1.54, 1.807) is 21.3 Å². The van der Waals surface area contributed by atoms with E-state index in [2.05, 4.69) is 10.2 Å². The molecule has 0 bridgehead atoms. The van der Waals surface area contributed by atoms with Gasteiger partial charge in [-0.15, -0.1) is 10.2 Å². The first-order valence-corrected chi connectivity index (χ1v) is 10.9. The van der Waals surface area contributed by atoms with Crippen LogP contribution in [0.4, 0.5) is 0 Å². The van der Waals surface area contributed by atoms with Crippen molar-refractivity contribution in [1.82, 2.24) is 14.8 Å². The Kier molecular flexibility index (Phi) is 7.82. The molecule has 0 unspecified atom stereocenters. The summed E-state index contributed by atoms with van der Waals surface area (Å²) in [5, 5.41) is 9.40. The van der Waals surface area contributed by atoms with Gasteiger partial charge in [0, 0.05) is 23.4 Å². The van der Waals surface area contributed by atoms with Crippen molar-refractivity contribution in [2.45, 2.75) is 18.5 Å². The minimum absolute atomic E-state index is 0.236. The molecular weight excluding hydrogens is 432 g/mol. The molecule has 3 aromatic rings. The van der Waals surface area contributed by atoms with Crippen LogP contribution in [-0.4, -0.2) is 54.4 Å². The fourth-order valence-electron chi connectivity index (χ4n) is 3.09. The van der Waals surface area contributed by atoms with Gasteiger partial charge in [0.15, 0.2) is 22.5 Å². The van der Waals surface area contributed by atoms with Crippen LogP contribution >= 0.6 is 11.8 Å². The van der Waals surface area contributed by atoms with Crippen molar-refractivity contribution in [1.29, 1.82) is 0 Å². The number of hydrogen-bond acceptors (Lipinski definition) is 8. The number of thioether (sulfide) groups is 1. The molecule has 32 heavy (non-hydrogen) atoms. The number of nitrogens with zero attached hydrogens (tertiary/aromatic N) is 3. The highest BCUT2D eigenvalue weighted by Gasteiger charge is 2.21. The largest absolute Gasteiger partial charge is 0.494 e. The third kappa shape index (κ3) is 5.08. The zero-order chi connectivity index (χ0) is 23.1. The SMILES string of the molecule is CCOc1ccc(-n2c(SCCC(N)=O)nnc2-c2cc(OC)c(OC)c(OC)c2)cc1. The smallest absolute Gasteiger partial charge is 0.218 e. The summed E-state index contributed by atoms with van der Waals surface area (Å²) in [6.45, 7) is 2.51. The van der Waals surface area contributed by atoms with Gasteiger partial charge in [-0.2, -0.15) is 0 Å². The van der Waals surface area contributed by atoms with Crippen molar-refractivity contribution >= 4 is 17.7 Å². The maximum Gasteiger partial charge on any atom is 0.218 e. The van der Waals surface area contributed by atoms with Gasteiger partial charge in [-0.3, -0.25) is 9.36 Å². The fraction of sp³-hybridized carbons (Fsp3) is 0.318. The summed E-state index contributed by atoms with van der Waals surface area (Å²) < 4.78 is 23.9. The number of nitrogens with two attached hydrogens (primary N) is 1. The second-order valence-corrected chi connectivity index (χ2v) is 7.61. The van der Waals surface area contributed by atoms with Crippen LogP contribution in [0.15, 0.2) is 41.6 Å². The lowest BCUT2D eigenvalue weighted by Gasteiger charge is -2.15. The van der Waals surface area contributed by atoms with Crippen LogP contribution in [0, 0.1) is 0 Å². The first kappa shape index (κ1) is 23.3. The standard InChI is InChI=1S/C22H26N4O5S/c1-5-31-16-8-6-15(7-9-16)26-21(24-25-22(26)32-11-10-19(23)27)14-12-17(28-2)20(30-4)18(13-14)29-3/h6-9,12-13H,5,10-11H2,1-4H3,(H2,23,27). The predicted molar refractivity (Wildman–Crippen MR) is 122 cm³/mol. The Hall–Kier alpha value is -3.40. The molecular formula is C22H26N4O5S. The van der Waals surface area contributed by atoms with Gasteiger partial charge in [0.25, 0.3) is 0 Å². The van der Waals surface area contributed by atoms with Gasteiger partial charge < -0.3 is 24.7 Å². The summed E-state index contributed by atoms with van der Waals surface area (Å²) in [5.74, 6) is 2.96. The van der Waals surface area contributed by atoms with Crippen molar-refractivity contribution in [3.8, 4) is 40.1 Å². The summed E-state index contributed by atoms with van der Waals surface area (Å²) >= 11 is 1.40. The number of carbonyl (C=O) groups is 1. The predicted octanol–water partition coefficient (Wildman–Crippen LogP) is 3.33. The Bertz CT molecular complexity index is 1040. The summed E-state index contributed by atoms with van der Waals surface area (Å²) in [4.78, 5) is 11.2. The van der Waals surface area contributed by atoms with Crippen molar-refractivity contribution < 1.29 is 23.7 Å². The van der Waals surface area contributed by atoms with Crippen molar-refractivity contribution in [3.05, 3.63) is 36.4 Å². The minimum Gasteiger partial charge on any atom is -0.494 e. The van der Waals surface area contributed by atoms with E-state index in [1.165, 1.54) is 11.8 Å². The van der Waals surface area contributed by atoms with E-state index >= 15 is 0 Å². The van der Waals surface area contributed by atoms with Crippen molar-refractivity contribution in [3.63, 3.8) is 0 Å². The number of amides is 1. The third-order valence-electron chi connectivity index (χ3n) is 4.54. The minimum atomic E-state index is -0.366. The Morgan fingerprint density at radius 1 is 1.03 bits per heavy atom. The van der Waals surface area contributed by atoms with Crippen LogP contribution in [0.3, 0.4) is 0 Å². The lowest BCUT2D eigenvalue weighted by atomic mass is 10.1. The quantitative estimate of drug-likeness (QED) is 0.436. The third-order valence-corrected chi connectivity index (χ3v) is 5.47. The van der Waals surface area contributed by atoms with E-state index in [4.69, 9.17) is 24.7 Å². The van der Waals surface area contributed by atoms with E-state index in [0.29, 0.717) is 40.6 Å². The van der Waals surface area contributed by atoms with Gasteiger partial charge in [-0.1, -0.05) is 11.8 Å². The van der Waals surface area contributed by atoms with Crippen LogP contribution in [-0.2, 0) is 4.79 Å². The van der Waals surface area contributed by atoms with Crippen LogP contribution in [0.5, 0.6) is 23.0 Å². The van der Waals surface area contributed by atoms with E-state index < -0.39 is 0 Å². The highest BCUT2D eigenvalue weighted by Crippen LogP contribution is 2.41. The number of benzene rings is 2. The first-order valence-electron chi connectivity index (χ1n) is 9.92. The Morgan fingerprint density at radius 3 is 2.22 bits per heavy atom. The molecule has 170 valence electrons. The maximum atomic E-state index is 11.2. The van der Waals surface area contributed by atoms with Crippen LogP contribution < -0.4 is 24.7 Å². The number of ether oxygens (including phenoxy) is 4. The summed E-state index contributed by atoms with van der Waals surface area (Å²) in [6.07, 6.45) is 0.236. The van der Waals surface area contributed by atoms with E-state index in [-0.39, 0.29) is 12.3 Å². The summed E-state index contributed by atoms with van der Waals surface area (Å²) in [7, 11) is 4.67. The first-order chi connectivity index (χ1) is 15.5. The van der Waals surface area contributed by atoms with Gasteiger partial charge in [0.2, 0.25) is 11.7 Å². The van der Waals surface area contributed by atoms with E-state index in [1.807, 2.05) is 47.9 Å². The highest BCUT2D eigenvalue weighted by molar-refractivity contribution is 7.99. The van der Waals surface area contributed by atoms with Gasteiger partial charge >= 0.3 is 0 Å². The fourth-order valence-corrected chi connectivity index (χ4v) is 4.00. The molecule has 0 aliphatic heterocycles. The van der Waals surface area contributed by atoms with E-state index in [9.17, 15) is 4.79 Å². The van der Waals surface area contributed by atoms with E-state index in [0.717, 1.165) is 17.0 Å². The molecule has 0 aliphatic carbocycles. The van der Waals surface area contributed by atoms with Crippen molar-refractivity contribution in [2.24, 2.45) is 5.73 Å². The Morgan fingerprint density at radius 2 is 1.69 bits per heavy atom. The van der Waals surface area contributed by atoms with Crippen LogP contribution in [0.25, 0.3) is 17.1 Å². The Balaban J connectivity index is 2.11. The zero-order valence-electron chi connectivity index (χ0n) is 18.5. The average Bonchev–Trinajstić information content (AvgIpc) is 3.22. The highest BCUT2D eigenvalue weighted by atomic mass is 32.2. The molecule has 2 aromatic carbocycles. The average molecular weight is 459 g/mol. The zero-order valence-corrected chi connectivity index (χ0v) is 19.3. The number of methoxy groups -OCH3 is 3. The molecule has 0 atom stereocenters. The number of hydrogen-bond donors (Lipinski definition) is 1. The second kappa shape index (κ2) is 10.8. The topological polar surface area (TPSA) is 111 Å². The van der Waals surface area contributed by atoms with Crippen LogP contribution in [0.1, 0.15) is 13.3 Å². The molecule has 1 heterocycles. The summed E-state index contributed by atoms with van der Waals surface area (Å²) in [5.41, 5.74) is 6.85. The van der Waals surface area contributed by atoms with Gasteiger partial charge in [-0.25, -0.2) is 0 Å². The number of carbonyl (C=O) groups excluding carboxylic acids is 1. The summed E-state index contributed by atoms with van der Waals surface area (Å²) in [6, 6.07) is 11.2. The molecule has 9 nitrogen and oxygen atoms in total. The molecule has 1 aromatic heterocycles.